The van der Waals surface area contributed by atoms with Gasteiger partial charge in [-0.2, -0.15) is 0 Å². The van der Waals surface area contributed by atoms with Crippen molar-refractivity contribution < 1.29 is 0 Å². The molecule has 0 fully saturated rings. The fourth-order valence-electron chi connectivity index (χ4n) is 2.84. The van der Waals surface area contributed by atoms with Gasteiger partial charge in [0.25, 0.3) is 0 Å². The third-order valence-electron chi connectivity index (χ3n) is 4.37. The number of hydrogen-bond donors (Lipinski definition) is 0. The molecule has 21 heavy (non-hydrogen) atoms. The van der Waals surface area contributed by atoms with Crippen molar-refractivity contribution >= 4 is 17.3 Å². The molecule has 0 radical (unpaired) electrons. The second-order valence-corrected chi connectivity index (χ2v) is 6.38. The Bertz CT molecular complexity index is 593. The summed E-state index contributed by atoms with van der Waals surface area (Å²) in [6, 6.07) is 12.6. The first-order chi connectivity index (χ1) is 9.91. The largest absolute Gasteiger partial charge is 0.373 e. The van der Waals surface area contributed by atoms with Crippen molar-refractivity contribution in [2.45, 2.75) is 33.1 Å². The van der Waals surface area contributed by atoms with Crippen LogP contribution in [0.3, 0.4) is 0 Å². The van der Waals surface area contributed by atoms with Crippen LogP contribution in [0.25, 0.3) is 0 Å². The molecule has 112 valence electrons. The van der Waals surface area contributed by atoms with Crippen LogP contribution < -0.4 is 4.90 Å². The number of halogens is 1. The highest BCUT2D eigenvalue weighted by atomic mass is 35.5. The molecule has 0 heterocycles. The van der Waals surface area contributed by atoms with Gasteiger partial charge in [0.05, 0.1) is 5.38 Å². The molecule has 0 aliphatic rings. The first kappa shape index (κ1) is 15.9. The Labute approximate surface area is 133 Å². The van der Waals surface area contributed by atoms with Gasteiger partial charge >= 0.3 is 0 Å². The Hall–Kier alpha value is -1.47. The molecule has 2 heteroatoms. The molecular formula is C19H24ClN. The van der Waals surface area contributed by atoms with E-state index in [9.17, 15) is 0 Å². The van der Waals surface area contributed by atoms with Gasteiger partial charge < -0.3 is 4.90 Å². The predicted octanol–water partition coefficient (Wildman–Crippen LogP) is 5.34. The first-order valence-electron chi connectivity index (χ1n) is 7.39. The lowest BCUT2D eigenvalue weighted by atomic mass is 9.92. The number of hydrogen-bond acceptors (Lipinski definition) is 1. The Morgan fingerprint density at radius 1 is 0.952 bits per heavy atom. The topological polar surface area (TPSA) is 3.24 Å². The Balaban J connectivity index is 2.27. The van der Waals surface area contributed by atoms with E-state index in [0.717, 1.165) is 6.54 Å². The summed E-state index contributed by atoms with van der Waals surface area (Å²) >= 11 is 6.76. The van der Waals surface area contributed by atoms with Gasteiger partial charge in [-0.3, -0.25) is 0 Å². The van der Waals surface area contributed by atoms with Gasteiger partial charge in [-0.05, 0) is 67.6 Å². The van der Waals surface area contributed by atoms with E-state index in [2.05, 4.69) is 70.0 Å². The molecule has 1 nitrogen and oxygen atoms in total. The molecule has 0 aromatic heterocycles. The highest BCUT2D eigenvalue weighted by Crippen LogP contribution is 2.32. The number of alkyl halides is 1. The summed E-state index contributed by atoms with van der Waals surface area (Å²) in [6.07, 6.45) is 0. The van der Waals surface area contributed by atoms with Crippen molar-refractivity contribution in [3.8, 4) is 0 Å². The van der Waals surface area contributed by atoms with Crippen LogP contribution in [0.5, 0.6) is 0 Å². The van der Waals surface area contributed by atoms with Gasteiger partial charge in [0.15, 0.2) is 0 Å². The number of rotatable bonds is 4. The van der Waals surface area contributed by atoms with Gasteiger partial charge in [0, 0.05) is 19.3 Å². The molecular weight excluding hydrogens is 278 g/mol. The Kier molecular flexibility index (Phi) is 4.95. The van der Waals surface area contributed by atoms with E-state index in [1.54, 1.807) is 0 Å². The van der Waals surface area contributed by atoms with Crippen LogP contribution in [-0.4, -0.2) is 13.6 Å². The zero-order valence-corrected chi connectivity index (χ0v) is 14.3. The molecule has 2 aromatic rings. The summed E-state index contributed by atoms with van der Waals surface area (Å²) < 4.78 is 0. The minimum atomic E-state index is -0.00574. The fourth-order valence-corrected chi connectivity index (χ4v) is 3.37. The van der Waals surface area contributed by atoms with Crippen LogP contribution in [0, 0.1) is 27.7 Å². The van der Waals surface area contributed by atoms with Gasteiger partial charge in [-0.15, -0.1) is 11.6 Å². The second kappa shape index (κ2) is 6.53. The average Bonchev–Trinajstić information content (AvgIpc) is 2.46. The zero-order chi connectivity index (χ0) is 15.6. The van der Waals surface area contributed by atoms with Crippen LogP contribution >= 0.6 is 11.6 Å². The van der Waals surface area contributed by atoms with Gasteiger partial charge in [0.2, 0.25) is 0 Å². The van der Waals surface area contributed by atoms with Crippen molar-refractivity contribution in [1.82, 2.24) is 0 Å². The number of likely N-dealkylation sites (N-methyl/N-ethyl adjacent to an activating group) is 1. The van der Waals surface area contributed by atoms with Crippen LogP contribution in [0.2, 0.25) is 0 Å². The molecule has 1 unspecified atom stereocenters. The number of aryl methyl sites for hydroxylation is 2. The molecule has 2 aromatic carbocycles. The normalized spacial score (nSPS) is 12.3. The molecule has 0 bridgehead atoms. The second-order valence-electron chi connectivity index (χ2n) is 5.86. The maximum absolute atomic E-state index is 6.76. The zero-order valence-electron chi connectivity index (χ0n) is 13.6. The molecule has 0 amide bonds. The van der Waals surface area contributed by atoms with Crippen LogP contribution in [0.1, 0.15) is 33.2 Å². The minimum Gasteiger partial charge on any atom is -0.373 e. The van der Waals surface area contributed by atoms with E-state index in [4.69, 9.17) is 11.6 Å². The van der Waals surface area contributed by atoms with Crippen molar-refractivity contribution in [2.24, 2.45) is 0 Å². The third-order valence-corrected chi connectivity index (χ3v) is 4.72. The summed E-state index contributed by atoms with van der Waals surface area (Å²) in [6.45, 7) is 9.48. The average molecular weight is 302 g/mol. The van der Waals surface area contributed by atoms with Crippen molar-refractivity contribution in [1.29, 1.82) is 0 Å². The Morgan fingerprint density at radius 3 is 2.00 bits per heavy atom. The smallest absolute Gasteiger partial charge is 0.0765 e. The monoisotopic (exact) mass is 301 g/mol. The molecule has 0 saturated heterocycles. The van der Waals surface area contributed by atoms with Crippen LogP contribution in [0.15, 0.2) is 36.4 Å². The van der Waals surface area contributed by atoms with Gasteiger partial charge in [-0.1, -0.05) is 24.3 Å². The maximum atomic E-state index is 6.76. The predicted molar refractivity (Wildman–Crippen MR) is 93.7 cm³/mol. The van der Waals surface area contributed by atoms with Crippen LogP contribution in [-0.2, 0) is 0 Å². The van der Waals surface area contributed by atoms with Crippen molar-refractivity contribution in [3.63, 3.8) is 0 Å². The summed E-state index contributed by atoms with van der Waals surface area (Å²) in [5.41, 5.74) is 7.76. The lowest BCUT2D eigenvalue weighted by Gasteiger charge is -2.25. The van der Waals surface area contributed by atoms with E-state index < -0.39 is 0 Å². The first-order valence-corrected chi connectivity index (χ1v) is 7.83. The molecule has 0 spiro atoms. The highest BCUT2D eigenvalue weighted by molar-refractivity contribution is 6.21. The molecule has 0 aliphatic heterocycles. The standard InChI is InChI=1S/C19H24ClN/c1-13-11-14(2)16(4)19(15(13)3)18(20)12-21(5)17-9-7-6-8-10-17/h6-11,18H,12H2,1-5H3. The molecule has 0 N–H and O–H groups in total. The van der Waals surface area contributed by atoms with Gasteiger partial charge in [0.1, 0.15) is 0 Å². The minimum absolute atomic E-state index is 0.00574. The van der Waals surface area contributed by atoms with Crippen molar-refractivity contribution in [3.05, 3.63) is 64.2 Å². The summed E-state index contributed by atoms with van der Waals surface area (Å²) in [5, 5.41) is -0.00574. The lowest BCUT2D eigenvalue weighted by molar-refractivity contribution is 0.836. The summed E-state index contributed by atoms with van der Waals surface area (Å²) in [5.74, 6) is 0. The molecule has 2 rings (SSSR count). The lowest BCUT2D eigenvalue weighted by Crippen LogP contribution is -2.23. The van der Waals surface area contributed by atoms with Gasteiger partial charge in [-0.25, -0.2) is 0 Å². The molecule has 1 atom stereocenters. The van der Waals surface area contributed by atoms with E-state index in [0.29, 0.717) is 0 Å². The van der Waals surface area contributed by atoms with E-state index >= 15 is 0 Å². The number of nitrogens with zero attached hydrogens (tertiary/aromatic N) is 1. The SMILES string of the molecule is Cc1cc(C)c(C)c(C(Cl)CN(C)c2ccccc2)c1C. The van der Waals surface area contributed by atoms with E-state index in [1.165, 1.54) is 33.5 Å². The third kappa shape index (κ3) is 3.41. The quantitative estimate of drug-likeness (QED) is 0.689. The molecule has 0 saturated carbocycles. The highest BCUT2D eigenvalue weighted by Gasteiger charge is 2.18. The Morgan fingerprint density at radius 2 is 1.48 bits per heavy atom. The number of anilines is 1. The van der Waals surface area contributed by atoms with Crippen molar-refractivity contribution in [2.75, 3.05) is 18.5 Å². The fraction of sp³-hybridized carbons (Fsp3) is 0.368. The van der Waals surface area contributed by atoms with Crippen LogP contribution in [0.4, 0.5) is 5.69 Å². The summed E-state index contributed by atoms with van der Waals surface area (Å²) in [7, 11) is 2.10. The van der Waals surface area contributed by atoms with E-state index in [-0.39, 0.29) is 5.38 Å². The molecule has 0 aliphatic carbocycles. The number of benzene rings is 2. The maximum Gasteiger partial charge on any atom is 0.0765 e. The number of para-hydroxylation sites is 1. The van der Waals surface area contributed by atoms with E-state index in [1.807, 2.05) is 6.07 Å². The summed E-state index contributed by atoms with van der Waals surface area (Å²) in [4.78, 5) is 2.22.